The summed E-state index contributed by atoms with van der Waals surface area (Å²) in [6.07, 6.45) is 6.92. The van der Waals surface area contributed by atoms with Gasteiger partial charge in [-0.15, -0.1) is 0 Å². The van der Waals surface area contributed by atoms with Crippen LogP contribution in [-0.4, -0.2) is 15.0 Å². The molecular formula is C50H38N4. The third-order valence-electron chi connectivity index (χ3n) is 13.6. The molecule has 0 N–H and O–H groups in total. The molecule has 7 aromatic carbocycles. The first-order valence-corrected chi connectivity index (χ1v) is 19.3. The van der Waals surface area contributed by atoms with Gasteiger partial charge in [0.1, 0.15) is 0 Å². The van der Waals surface area contributed by atoms with Crippen molar-refractivity contribution in [3.8, 4) is 51.4 Å². The molecule has 2 bridgehead atoms. The number of aromatic nitrogens is 3. The van der Waals surface area contributed by atoms with Crippen LogP contribution in [0.25, 0.3) is 77.6 Å². The predicted molar refractivity (Wildman–Crippen MR) is 219 cm³/mol. The van der Waals surface area contributed by atoms with E-state index in [9.17, 15) is 5.26 Å². The number of nitriles is 1. The zero-order valence-corrected chi connectivity index (χ0v) is 30.3. The molecule has 4 atom stereocenters. The summed E-state index contributed by atoms with van der Waals surface area (Å²) < 4.78 is 0. The van der Waals surface area contributed by atoms with Gasteiger partial charge in [-0.2, -0.15) is 5.26 Å². The topological polar surface area (TPSA) is 62.5 Å². The lowest BCUT2D eigenvalue weighted by Crippen LogP contribution is -2.26. The molecule has 3 aliphatic carbocycles. The number of hydrogen-bond acceptors (Lipinski definition) is 4. The molecule has 3 aliphatic rings. The number of rotatable bonds is 5. The lowest BCUT2D eigenvalue weighted by molar-refractivity contribution is 0.195. The summed E-state index contributed by atoms with van der Waals surface area (Å²) in [5.74, 6) is 3.53. The molecule has 11 rings (SSSR count). The maximum Gasteiger partial charge on any atom is 0.164 e. The van der Waals surface area contributed by atoms with Gasteiger partial charge >= 0.3 is 0 Å². The van der Waals surface area contributed by atoms with Crippen LogP contribution in [0.4, 0.5) is 0 Å². The van der Waals surface area contributed by atoms with Gasteiger partial charge in [0.05, 0.1) is 11.6 Å². The van der Waals surface area contributed by atoms with E-state index in [1.807, 2.05) is 72.8 Å². The van der Waals surface area contributed by atoms with E-state index in [0.717, 1.165) is 60.8 Å². The molecule has 0 aliphatic heterocycles. The SMILES string of the molecule is C[C@@]12CC3(c4ccc(-c5ccc6c7ccccc7c7c(-c8nc(-c9ccccc9)nc(-c9ccccc9)n8)cc(C#N)cc7c6c5)cc4)C[C@H]1CC[C@H]2C3. The van der Waals surface area contributed by atoms with Crippen molar-refractivity contribution >= 4 is 32.3 Å². The Morgan fingerprint density at radius 2 is 1.11 bits per heavy atom. The average molecular weight is 695 g/mol. The van der Waals surface area contributed by atoms with E-state index >= 15 is 0 Å². The first-order valence-electron chi connectivity index (χ1n) is 19.3. The van der Waals surface area contributed by atoms with Crippen LogP contribution in [0.1, 0.15) is 50.2 Å². The Morgan fingerprint density at radius 3 is 1.74 bits per heavy atom. The summed E-state index contributed by atoms with van der Waals surface area (Å²) in [5.41, 5.74) is 8.04. The van der Waals surface area contributed by atoms with Gasteiger partial charge in [0.25, 0.3) is 0 Å². The van der Waals surface area contributed by atoms with Crippen LogP contribution in [0.2, 0.25) is 0 Å². The van der Waals surface area contributed by atoms with Crippen molar-refractivity contribution in [2.45, 2.75) is 44.4 Å². The highest BCUT2D eigenvalue weighted by Gasteiger charge is 2.65. The largest absolute Gasteiger partial charge is 0.208 e. The molecule has 0 radical (unpaired) electrons. The first-order chi connectivity index (χ1) is 26.5. The van der Waals surface area contributed by atoms with E-state index in [4.69, 9.17) is 15.0 Å². The van der Waals surface area contributed by atoms with Crippen LogP contribution in [0.3, 0.4) is 0 Å². The van der Waals surface area contributed by atoms with Crippen LogP contribution in [0.5, 0.6) is 0 Å². The quantitative estimate of drug-likeness (QED) is 0.168. The van der Waals surface area contributed by atoms with Gasteiger partial charge in [-0.1, -0.05) is 128 Å². The van der Waals surface area contributed by atoms with Gasteiger partial charge in [-0.05, 0) is 117 Å². The van der Waals surface area contributed by atoms with Crippen molar-refractivity contribution in [1.29, 1.82) is 5.26 Å². The van der Waals surface area contributed by atoms with Crippen LogP contribution in [-0.2, 0) is 5.41 Å². The van der Waals surface area contributed by atoms with Crippen molar-refractivity contribution in [3.05, 3.63) is 151 Å². The lowest BCUT2D eigenvalue weighted by atomic mass is 9.72. The molecular weight excluding hydrogens is 657 g/mol. The van der Waals surface area contributed by atoms with E-state index < -0.39 is 0 Å². The second-order valence-electron chi connectivity index (χ2n) is 16.3. The maximum atomic E-state index is 10.5. The normalized spacial score (nSPS) is 22.7. The van der Waals surface area contributed by atoms with Crippen molar-refractivity contribution in [3.63, 3.8) is 0 Å². The number of fused-ring (bicyclic) bond motifs is 7. The molecule has 1 aromatic heterocycles. The molecule has 3 saturated carbocycles. The van der Waals surface area contributed by atoms with Crippen molar-refractivity contribution < 1.29 is 0 Å². The molecule has 1 unspecified atom stereocenters. The molecule has 8 aromatic rings. The zero-order valence-electron chi connectivity index (χ0n) is 30.3. The highest BCUT2D eigenvalue weighted by Crippen LogP contribution is 2.72. The molecule has 0 spiro atoms. The first kappa shape index (κ1) is 31.4. The van der Waals surface area contributed by atoms with Crippen LogP contribution in [0, 0.1) is 28.6 Å². The molecule has 258 valence electrons. The smallest absolute Gasteiger partial charge is 0.164 e. The zero-order chi connectivity index (χ0) is 36.0. The third-order valence-corrected chi connectivity index (χ3v) is 13.6. The number of hydrogen-bond donors (Lipinski definition) is 0. The van der Waals surface area contributed by atoms with Gasteiger partial charge in [-0.25, -0.2) is 15.0 Å². The van der Waals surface area contributed by atoms with Gasteiger partial charge in [0.2, 0.25) is 0 Å². The molecule has 3 fully saturated rings. The Balaban J connectivity index is 1.11. The average Bonchev–Trinajstić information content (AvgIpc) is 3.74. The van der Waals surface area contributed by atoms with Crippen LogP contribution in [0.15, 0.2) is 140 Å². The fourth-order valence-electron chi connectivity index (χ4n) is 11.0. The van der Waals surface area contributed by atoms with Crippen molar-refractivity contribution in [2.75, 3.05) is 0 Å². The monoisotopic (exact) mass is 694 g/mol. The molecule has 0 amide bonds. The minimum Gasteiger partial charge on any atom is -0.208 e. The fourth-order valence-corrected chi connectivity index (χ4v) is 11.0. The summed E-state index contributed by atoms with van der Waals surface area (Å²) in [6, 6.07) is 51.5. The van der Waals surface area contributed by atoms with Crippen molar-refractivity contribution in [1.82, 2.24) is 15.0 Å². The molecule has 54 heavy (non-hydrogen) atoms. The minimum absolute atomic E-state index is 0.359. The third kappa shape index (κ3) is 4.64. The summed E-state index contributed by atoms with van der Waals surface area (Å²) in [4.78, 5) is 15.2. The maximum absolute atomic E-state index is 10.5. The minimum atomic E-state index is 0.359. The summed E-state index contributed by atoms with van der Waals surface area (Å²) in [5, 5.41) is 17.1. The Hall–Kier alpha value is -6.18. The Labute approximate surface area is 315 Å². The second kappa shape index (κ2) is 11.7. The molecule has 4 nitrogen and oxygen atoms in total. The van der Waals surface area contributed by atoms with Crippen LogP contribution >= 0.6 is 0 Å². The van der Waals surface area contributed by atoms with Gasteiger partial charge in [0, 0.05) is 22.1 Å². The second-order valence-corrected chi connectivity index (χ2v) is 16.3. The standard InChI is InChI=1S/C50H38N4/c1-49-30-50(27-37(49)21-22-38(49)28-50)36-19-16-32(17-20-36)35-18-23-40-39-14-8-9-15-41(39)45-43(42(40)26-35)24-31(29-51)25-44(45)48-53-46(33-10-4-2-5-11-33)52-47(54-48)34-12-6-3-7-13-34/h2-20,23-26,37-38H,21-22,27-28,30H2,1H3/t37-,38+,49-,50?. The number of benzene rings is 7. The van der Waals surface area contributed by atoms with Crippen molar-refractivity contribution in [2.24, 2.45) is 17.3 Å². The van der Waals surface area contributed by atoms with Gasteiger partial charge in [0.15, 0.2) is 17.5 Å². The van der Waals surface area contributed by atoms with E-state index in [-0.39, 0.29) is 0 Å². The molecule has 0 saturated heterocycles. The van der Waals surface area contributed by atoms with Crippen LogP contribution < -0.4 is 0 Å². The summed E-state index contributed by atoms with van der Waals surface area (Å²) in [6.45, 7) is 2.58. The Bertz CT molecular complexity index is 2760. The summed E-state index contributed by atoms with van der Waals surface area (Å²) >= 11 is 0. The lowest BCUT2D eigenvalue weighted by Gasteiger charge is -2.33. The van der Waals surface area contributed by atoms with E-state index in [1.165, 1.54) is 48.8 Å². The van der Waals surface area contributed by atoms with Gasteiger partial charge in [-0.3, -0.25) is 0 Å². The predicted octanol–water partition coefficient (Wildman–Crippen LogP) is 12.3. The molecule has 1 heterocycles. The van der Waals surface area contributed by atoms with E-state index in [2.05, 4.69) is 79.7 Å². The Morgan fingerprint density at radius 1 is 0.537 bits per heavy atom. The molecule has 4 heteroatoms. The van der Waals surface area contributed by atoms with E-state index in [1.54, 1.807) is 0 Å². The van der Waals surface area contributed by atoms with E-state index in [0.29, 0.717) is 33.9 Å². The summed E-state index contributed by atoms with van der Waals surface area (Å²) in [7, 11) is 0. The number of nitrogens with zero attached hydrogens (tertiary/aromatic N) is 4. The highest BCUT2D eigenvalue weighted by molar-refractivity contribution is 6.28. The fraction of sp³-hybridized carbons (Fsp3) is 0.200. The Kier molecular flexibility index (Phi) is 6.77. The highest BCUT2D eigenvalue weighted by atomic mass is 15.0. The van der Waals surface area contributed by atoms with Gasteiger partial charge < -0.3 is 0 Å².